The number of nitrogens with one attached hydrogen (secondary N) is 1. The Kier molecular flexibility index (Phi) is 4.29. The van der Waals surface area contributed by atoms with Gasteiger partial charge in [-0.15, -0.1) is 6.58 Å². The maximum Gasteiger partial charge on any atom is 0.325 e. The second-order valence-electron chi connectivity index (χ2n) is 4.00. The van der Waals surface area contributed by atoms with Crippen LogP contribution in [0.15, 0.2) is 24.8 Å². The highest BCUT2D eigenvalue weighted by Crippen LogP contribution is 2.39. The third-order valence-electron chi connectivity index (χ3n) is 2.67. The first-order valence-electron chi connectivity index (χ1n) is 5.79. The fourth-order valence-electron chi connectivity index (χ4n) is 1.85. The summed E-state index contributed by atoms with van der Waals surface area (Å²) in [5.74, 6) is -0.0560. The first kappa shape index (κ1) is 13.7. The molecule has 5 nitrogen and oxygen atoms in total. The van der Waals surface area contributed by atoms with Gasteiger partial charge in [0.25, 0.3) is 0 Å². The van der Waals surface area contributed by atoms with E-state index in [-0.39, 0.29) is 0 Å². The van der Waals surface area contributed by atoms with Crippen molar-refractivity contribution in [2.45, 2.75) is 6.04 Å². The molecule has 102 valence electrons. The molecule has 0 spiro atoms. The van der Waals surface area contributed by atoms with E-state index in [1.54, 1.807) is 18.2 Å². The minimum atomic E-state index is -0.991. The summed E-state index contributed by atoms with van der Waals surface area (Å²) in [5.41, 5.74) is 0.517. The van der Waals surface area contributed by atoms with E-state index in [1.807, 2.05) is 0 Å². The Morgan fingerprint density at radius 2 is 2.26 bits per heavy atom. The van der Waals surface area contributed by atoms with Crippen LogP contribution in [-0.2, 0) is 4.79 Å². The van der Waals surface area contributed by atoms with Gasteiger partial charge in [-0.2, -0.15) is 0 Å². The number of hydrogen-bond acceptors (Lipinski definition) is 4. The molecular weight excluding hydrogens is 270 g/mol. The molecule has 0 aliphatic carbocycles. The number of fused-ring (bicyclic) bond motifs is 1. The second-order valence-corrected chi connectivity index (χ2v) is 4.40. The summed E-state index contributed by atoms with van der Waals surface area (Å²) < 4.78 is 10.8. The fourth-order valence-corrected chi connectivity index (χ4v) is 2.12. The molecule has 0 aromatic heterocycles. The van der Waals surface area contributed by atoms with Crippen molar-refractivity contribution in [3.8, 4) is 11.5 Å². The standard InChI is InChI=1S/C13H14ClNO4/c1-2-3-15-11(13(16)17)8-6-9(14)12-10(7-8)18-4-5-19-12/h2,6-7,11,15H,1,3-5H2,(H,16,17). The van der Waals surface area contributed by atoms with E-state index in [4.69, 9.17) is 21.1 Å². The Morgan fingerprint density at radius 1 is 1.53 bits per heavy atom. The molecule has 2 N–H and O–H groups in total. The Hall–Kier alpha value is -1.72. The smallest absolute Gasteiger partial charge is 0.325 e. The highest BCUT2D eigenvalue weighted by molar-refractivity contribution is 6.32. The molecule has 2 rings (SSSR count). The minimum Gasteiger partial charge on any atom is -0.486 e. The van der Waals surface area contributed by atoms with Gasteiger partial charge < -0.3 is 14.6 Å². The molecule has 1 heterocycles. The van der Waals surface area contributed by atoms with Gasteiger partial charge >= 0.3 is 5.97 Å². The molecule has 1 aliphatic heterocycles. The zero-order chi connectivity index (χ0) is 13.8. The molecule has 0 saturated carbocycles. The van der Waals surface area contributed by atoms with Crippen molar-refractivity contribution in [2.24, 2.45) is 0 Å². The van der Waals surface area contributed by atoms with Crippen molar-refractivity contribution in [2.75, 3.05) is 19.8 Å². The normalized spacial score (nSPS) is 14.8. The number of aliphatic carboxylic acids is 1. The van der Waals surface area contributed by atoms with Crippen LogP contribution in [0.3, 0.4) is 0 Å². The summed E-state index contributed by atoms with van der Waals surface area (Å²) in [7, 11) is 0. The summed E-state index contributed by atoms with van der Waals surface area (Å²) in [6, 6.07) is 2.34. The monoisotopic (exact) mass is 283 g/mol. The minimum absolute atomic E-state index is 0.346. The summed E-state index contributed by atoms with van der Waals surface area (Å²) in [6.45, 7) is 4.78. The predicted octanol–water partition coefficient (Wildman–Crippen LogP) is 2.01. The van der Waals surface area contributed by atoms with E-state index in [9.17, 15) is 9.90 Å². The Labute approximate surface area is 115 Å². The lowest BCUT2D eigenvalue weighted by atomic mass is 10.1. The van der Waals surface area contributed by atoms with Gasteiger partial charge in [-0.1, -0.05) is 17.7 Å². The number of halogens is 1. The van der Waals surface area contributed by atoms with Gasteiger partial charge in [-0.05, 0) is 17.7 Å². The van der Waals surface area contributed by atoms with Crippen LogP contribution in [0.2, 0.25) is 5.02 Å². The van der Waals surface area contributed by atoms with Crippen molar-refractivity contribution < 1.29 is 19.4 Å². The topological polar surface area (TPSA) is 67.8 Å². The van der Waals surface area contributed by atoms with E-state index in [0.717, 1.165) is 0 Å². The summed E-state index contributed by atoms with van der Waals surface area (Å²) >= 11 is 6.08. The number of carboxylic acids is 1. The molecule has 1 aromatic carbocycles. The average molecular weight is 284 g/mol. The van der Waals surface area contributed by atoms with E-state index < -0.39 is 12.0 Å². The van der Waals surface area contributed by atoms with Crippen LogP contribution in [0.4, 0.5) is 0 Å². The molecule has 0 amide bonds. The molecule has 0 radical (unpaired) electrons. The van der Waals surface area contributed by atoms with Gasteiger partial charge in [-0.3, -0.25) is 10.1 Å². The molecule has 0 saturated heterocycles. The van der Waals surface area contributed by atoms with E-state index >= 15 is 0 Å². The molecular formula is C13H14ClNO4. The van der Waals surface area contributed by atoms with E-state index in [0.29, 0.717) is 41.8 Å². The third kappa shape index (κ3) is 3.00. The molecule has 1 atom stereocenters. The average Bonchev–Trinajstić information content (AvgIpc) is 2.39. The highest BCUT2D eigenvalue weighted by Gasteiger charge is 2.24. The van der Waals surface area contributed by atoms with Crippen LogP contribution >= 0.6 is 11.6 Å². The number of ether oxygens (including phenoxy) is 2. The summed E-state index contributed by atoms with van der Waals surface area (Å²) in [5, 5.41) is 12.4. The van der Waals surface area contributed by atoms with Crippen LogP contribution in [0.25, 0.3) is 0 Å². The molecule has 0 fully saturated rings. The third-order valence-corrected chi connectivity index (χ3v) is 2.95. The number of carbonyl (C=O) groups is 1. The van der Waals surface area contributed by atoms with E-state index in [2.05, 4.69) is 11.9 Å². The molecule has 1 aliphatic rings. The van der Waals surface area contributed by atoms with Gasteiger partial charge in [0, 0.05) is 6.54 Å². The Morgan fingerprint density at radius 3 is 2.95 bits per heavy atom. The Bertz CT molecular complexity index is 504. The summed E-state index contributed by atoms with van der Waals surface area (Å²) in [6.07, 6.45) is 1.59. The van der Waals surface area contributed by atoms with Crippen LogP contribution in [0.1, 0.15) is 11.6 Å². The molecule has 1 aromatic rings. The van der Waals surface area contributed by atoms with Crippen molar-refractivity contribution in [1.29, 1.82) is 0 Å². The second kappa shape index (κ2) is 5.95. The lowest BCUT2D eigenvalue weighted by molar-refractivity contribution is -0.139. The maximum absolute atomic E-state index is 11.3. The van der Waals surface area contributed by atoms with Gasteiger partial charge in [0.15, 0.2) is 11.5 Å². The maximum atomic E-state index is 11.3. The lowest BCUT2D eigenvalue weighted by Gasteiger charge is -2.22. The van der Waals surface area contributed by atoms with E-state index in [1.165, 1.54) is 0 Å². The molecule has 0 bridgehead atoms. The SMILES string of the molecule is C=CCNC(C(=O)O)c1cc(Cl)c2c(c1)OCCO2. The summed E-state index contributed by atoms with van der Waals surface area (Å²) in [4.78, 5) is 11.3. The van der Waals surface area contributed by atoms with Crippen molar-refractivity contribution >= 4 is 17.6 Å². The van der Waals surface area contributed by atoms with Crippen LogP contribution in [-0.4, -0.2) is 30.8 Å². The highest BCUT2D eigenvalue weighted by atomic mass is 35.5. The van der Waals surface area contributed by atoms with Crippen LogP contribution in [0, 0.1) is 0 Å². The van der Waals surface area contributed by atoms with Crippen LogP contribution < -0.4 is 14.8 Å². The first-order valence-corrected chi connectivity index (χ1v) is 6.17. The number of rotatable bonds is 5. The predicted molar refractivity (Wildman–Crippen MR) is 71.0 cm³/mol. The zero-order valence-corrected chi connectivity index (χ0v) is 10.9. The van der Waals surface area contributed by atoms with Gasteiger partial charge in [0.1, 0.15) is 19.3 Å². The van der Waals surface area contributed by atoms with Crippen molar-refractivity contribution in [1.82, 2.24) is 5.32 Å². The van der Waals surface area contributed by atoms with Gasteiger partial charge in [0.05, 0.1) is 5.02 Å². The lowest BCUT2D eigenvalue weighted by Crippen LogP contribution is -2.28. The Balaban J connectivity index is 2.34. The number of hydrogen-bond donors (Lipinski definition) is 2. The first-order chi connectivity index (χ1) is 9.13. The fraction of sp³-hybridized carbons (Fsp3) is 0.308. The van der Waals surface area contributed by atoms with Crippen molar-refractivity contribution in [3.63, 3.8) is 0 Å². The zero-order valence-electron chi connectivity index (χ0n) is 10.2. The molecule has 1 unspecified atom stereocenters. The molecule has 6 heteroatoms. The number of benzene rings is 1. The quantitative estimate of drug-likeness (QED) is 0.809. The van der Waals surface area contributed by atoms with Crippen LogP contribution in [0.5, 0.6) is 11.5 Å². The largest absolute Gasteiger partial charge is 0.486 e. The van der Waals surface area contributed by atoms with Gasteiger partial charge in [-0.25, -0.2) is 0 Å². The molecule has 19 heavy (non-hydrogen) atoms. The van der Waals surface area contributed by atoms with Gasteiger partial charge in [0.2, 0.25) is 0 Å². The number of carboxylic acid groups (broad SMARTS) is 1. The van der Waals surface area contributed by atoms with Crippen molar-refractivity contribution in [3.05, 3.63) is 35.4 Å².